The Balaban J connectivity index is 1.93. The molecule has 24 heavy (non-hydrogen) atoms. The van der Waals surface area contributed by atoms with Crippen molar-refractivity contribution in [2.24, 2.45) is 0 Å². The highest BCUT2D eigenvalue weighted by atomic mass is 35.5. The van der Waals surface area contributed by atoms with Gasteiger partial charge in [0.15, 0.2) is 0 Å². The number of methoxy groups -OCH3 is 1. The van der Waals surface area contributed by atoms with Gasteiger partial charge in [0.25, 0.3) is 5.91 Å². The Bertz CT molecular complexity index is 772. The molecule has 0 aromatic carbocycles. The molecule has 0 unspecified atom stereocenters. The highest BCUT2D eigenvalue weighted by molar-refractivity contribution is 6.41. The molecule has 2 rings (SSSR count). The van der Waals surface area contributed by atoms with E-state index in [1.165, 1.54) is 11.8 Å². The predicted octanol–water partition coefficient (Wildman–Crippen LogP) is 1.96. The first-order chi connectivity index (χ1) is 11.4. The molecule has 130 valence electrons. The average Bonchev–Trinajstić information content (AvgIpc) is 3.08. The Morgan fingerprint density at radius 2 is 2.21 bits per heavy atom. The molecule has 10 nitrogen and oxygen atoms in total. The lowest BCUT2D eigenvalue weighted by Gasteiger charge is -2.05. The van der Waals surface area contributed by atoms with E-state index in [0.717, 1.165) is 0 Å². The molecule has 0 aliphatic heterocycles. The highest BCUT2D eigenvalue weighted by Gasteiger charge is 2.29. The van der Waals surface area contributed by atoms with E-state index in [1.54, 1.807) is 6.92 Å². The van der Waals surface area contributed by atoms with Crippen LogP contribution in [0.5, 0.6) is 5.88 Å². The smallest absolute Gasteiger partial charge is 0.362 e. The summed E-state index contributed by atoms with van der Waals surface area (Å²) in [6, 6.07) is 0. The predicted molar refractivity (Wildman–Crippen MR) is 85.7 cm³/mol. The maximum absolute atomic E-state index is 12.0. The van der Waals surface area contributed by atoms with E-state index in [2.05, 4.69) is 20.6 Å². The van der Waals surface area contributed by atoms with E-state index < -0.39 is 16.5 Å². The summed E-state index contributed by atoms with van der Waals surface area (Å²) in [7, 11) is 1.23. The van der Waals surface area contributed by atoms with Gasteiger partial charge in [-0.05, 0) is 13.3 Å². The molecule has 0 saturated heterocycles. The van der Waals surface area contributed by atoms with Crippen LogP contribution in [0.1, 0.15) is 22.6 Å². The van der Waals surface area contributed by atoms with Gasteiger partial charge < -0.3 is 10.1 Å². The number of nitrogens with zero attached hydrogens (tertiary/aromatic N) is 4. The lowest BCUT2D eigenvalue weighted by Crippen LogP contribution is -2.26. The van der Waals surface area contributed by atoms with Gasteiger partial charge in [0.2, 0.25) is 5.69 Å². The van der Waals surface area contributed by atoms with Crippen molar-refractivity contribution >= 4 is 34.8 Å². The molecule has 2 N–H and O–H groups in total. The van der Waals surface area contributed by atoms with Crippen molar-refractivity contribution in [2.45, 2.75) is 19.9 Å². The number of H-pyrrole nitrogens is 1. The molecule has 2 aromatic rings. The number of nitro groups is 1. The fourth-order valence-electron chi connectivity index (χ4n) is 1.99. The minimum atomic E-state index is -0.731. The van der Waals surface area contributed by atoms with Crippen molar-refractivity contribution in [3.05, 3.63) is 31.7 Å². The van der Waals surface area contributed by atoms with Gasteiger partial charge in [-0.15, -0.1) is 5.10 Å². The molecule has 2 aromatic heterocycles. The Labute approximate surface area is 146 Å². The Kier molecular flexibility index (Phi) is 5.62. The quantitative estimate of drug-likeness (QED) is 0.431. The van der Waals surface area contributed by atoms with E-state index in [1.807, 2.05) is 0 Å². The van der Waals surface area contributed by atoms with Crippen LogP contribution in [0.25, 0.3) is 0 Å². The van der Waals surface area contributed by atoms with E-state index in [-0.39, 0.29) is 18.1 Å². The first-order valence-electron chi connectivity index (χ1n) is 6.80. The molecule has 12 heteroatoms. The summed E-state index contributed by atoms with van der Waals surface area (Å²) in [6.07, 6.45) is 0.502. The maximum atomic E-state index is 12.0. The summed E-state index contributed by atoms with van der Waals surface area (Å²) in [6.45, 7) is 2.42. The van der Waals surface area contributed by atoms with Crippen molar-refractivity contribution in [2.75, 3.05) is 13.7 Å². The summed E-state index contributed by atoms with van der Waals surface area (Å²) in [4.78, 5) is 22.3. The number of nitrogens with one attached hydrogen (secondary N) is 2. The standard InChI is InChI=1S/C12H14Cl2N6O4/c1-6-7(13)10(14)19(18-6)5-3-4-15-11(21)8-9(20(22)23)12(24-2)17-16-8/h3-5H2,1-2H3,(H,15,21)(H,16,17). The molecule has 0 radical (unpaired) electrons. The number of rotatable bonds is 7. The molecule has 0 bridgehead atoms. The highest BCUT2D eigenvalue weighted by Crippen LogP contribution is 2.27. The lowest BCUT2D eigenvalue weighted by atomic mass is 10.3. The summed E-state index contributed by atoms with van der Waals surface area (Å²) in [5.41, 5.74) is -0.161. The van der Waals surface area contributed by atoms with E-state index in [4.69, 9.17) is 27.9 Å². The van der Waals surface area contributed by atoms with Gasteiger partial charge in [0, 0.05) is 13.1 Å². The van der Waals surface area contributed by atoms with Crippen LogP contribution in [0, 0.1) is 17.0 Å². The van der Waals surface area contributed by atoms with Crippen molar-refractivity contribution in [3.63, 3.8) is 0 Å². The van der Waals surface area contributed by atoms with Gasteiger partial charge in [0.05, 0.1) is 17.7 Å². The summed E-state index contributed by atoms with van der Waals surface area (Å²) in [5.74, 6) is -0.906. The van der Waals surface area contributed by atoms with Crippen LogP contribution in [0.4, 0.5) is 5.69 Å². The normalized spacial score (nSPS) is 10.7. The topological polar surface area (TPSA) is 128 Å². The van der Waals surface area contributed by atoms with Gasteiger partial charge in [0.1, 0.15) is 10.2 Å². The molecule has 0 atom stereocenters. The Hall–Kier alpha value is -2.33. The second kappa shape index (κ2) is 7.49. The number of amides is 1. The monoisotopic (exact) mass is 376 g/mol. The summed E-state index contributed by atoms with van der Waals surface area (Å²) in [5, 5.41) is 24.3. The van der Waals surface area contributed by atoms with Gasteiger partial charge in [-0.1, -0.05) is 23.2 Å². The van der Waals surface area contributed by atoms with Crippen LogP contribution in [0.2, 0.25) is 10.2 Å². The molecule has 0 saturated carbocycles. The zero-order chi connectivity index (χ0) is 17.9. The van der Waals surface area contributed by atoms with Crippen LogP contribution in [0.3, 0.4) is 0 Å². The average molecular weight is 377 g/mol. The van der Waals surface area contributed by atoms with Crippen molar-refractivity contribution in [1.29, 1.82) is 0 Å². The summed E-state index contributed by atoms with van der Waals surface area (Å²) >= 11 is 11.9. The minimum Gasteiger partial charge on any atom is -0.475 e. The number of halogens is 2. The Morgan fingerprint density at radius 3 is 2.75 bits per heavy atom. The van der Waals surface area contributed by atoms with Crippen molar-refractivity contribution in [3.8, 4) is 5.88 Å². The zero-order valence-electron chi connectivity index (χ0n) is 12.8. The fraction of sp³-hybridized carbons (Fsp3) is 0.417. The van der Waals surface area contributed by atoms with Crippen LogP contribution >= 0.6 is 23.2 Å². The third-order valence-electron chi connectivity index (χ3n) is 3.14. The van der Waals surface area contributed by atoms with Gasteiger partial charge in [-0.25, -0.2) is 0 Å². The van der Waals surface area contributed by atoms with Crippen LogP contribution in [0.15, 0.2) is 0 Å². The number of hydrogen-bond acceptors (Lipinski definition) is 6. The van der Waals surface area contributed by atoms with Crippen molar-refractivity contribution < 1.29 is 14.5 Å². The number of carbonyl (C=O) groups excluding carboxylic acids is 1. The van der Waals surface area contributed by atoms with E-state index in [0.29, 0.717) is 28.8 Å². The molecule has 1 amide bonds. The fourth-order valence-corrected chi connectivity index (χ4v) is 2.38. The molecule has 0 aliphatic carbocycles. The number of carbonyl (C=O) groups is 1. The van der Waals surface area contributed by atoms with Crippen LogP contribution in [-0.4, -0.2) is 44.5 Å². The van der Waals surface area contributed by atoms with Crippen molar-refractivity contribution in [1.82, 2.24) is 25.3 Å². The third-order valence-corrected chi connectivity index (χ3v) is 4.07. The SMILES string of the molecule is COc1n[nH]c(C(=O)NCCCn2nc(C)c(Cl)c2Cl)c1[N+](=O)[O-]. The second-order valence-electron chi connectivity index (χ2n) is 4.74. The number of aryl methyl sites for hydroxylation is 2. The number of aromatic nitrogens is 4. The minimum absolute atomic E-state index is 0.251. The van der Waals surface area contributed by atoms with E-state index >= 15 is 0 Å². The second-order valence-corrected chi connectivity index (χ2v) is 5.47. The van der Waals surface area contributed by atoms with E-state index in [9.17, 15) is 14.9 Å². The van der Waals surface area contributed by atoms with Crippen LogP contribution in [-0.2, 0) is 6.54 Å². The molecule has 0 spiro atoms. The molecule has 0 fully saturated rings. The third kappa shape index (κ3) is 3.60. The largest absolute Gasteiger partial charge is 0.475 e. The molecular weight excluding hydrogens is 363 g/mol. The summed E-state index contributed by atoms with van der Waals surface area (Å²) < 4.78 is 6.27. The molecule has 0 aliphatic rings. The van der Waals surface area contributed by atoms with Gasteiger partial charge in [-0.2, -0.15) is 5.10 Å². The first kappa shape index (κ1) is 18.0. The van der Waals surface area contributed by atoms with Gasteiger partial charge >= 0.3 is 11.6 Å². The first-order valence-corrected chi connectivity index (χ1v) is 7.55. The van der Waals surface area contributed by atoms with Gasteiger partial charge in [-0.3, -0.25) is 24.7 Å². The number of hydrogen-bond donors (Lipinski definition) is 2. The lowest BCUT2D eigenvalue weighted by molar-refractivity contribution is -0.386. The number of ether oxygens (including phenoxy) is 1. The maximum Gasteiger partial charge on any atom is 0.362 e. The Morgan fingerprint density at radius 1 is 1.50 bits per heavy atom. The molecular formula is C12H14Cl2N6O4. The molecule has 2 heterocycles. The zero-order valence-corrected chi connectivity index (χ0v) is 14.3. The van der Waals surface area contributed by atoms with Crippen LogP contribution < -0.4 is 10.1 Å². The number of aromatic amines is 1.